The van der Waals surface area contributed by atoms with E-state index in [-0.39, 0.29) is 32.0 Å². The van der Waals surface area contributed by atoms with E-state index < -0.39 is 26.5 Å². The minimum absolute atomic E-state index is 0.0280. The van der Waals surface area contributed by atoms with E-state index in [1.165, 1.54) is 135 Å². The second kappa shape index (κ2) is 37.3. The number of carbonyl (C=O) groups is 2. The normalized spacial score (nSPS) is 13.7. The first-order valence-corrected chi connectivity index (χ1v) is 23.9. The van der Waals surface area contributed by atoms with E-state index in [1.807, 2.05) is 21.1 Å². The van der Waals surface area contributed by atoms with E-state index in [4.69, 9.17) is 18.5 Å². The van der Waals surface area contributed by atoms with Crippen molar-refractivity contribution in [3.63, 3.8) is 0 Å². The average Bonchev–Trinajstić information content (AvgIpc) is 3.12. The Kier molecular flexibility index (Phi) is 36.5. The predicted molar refractivity (Wildman–Crippen MR) is 222 cm³/mol. The summed E-state index contributed by atoms with van der Waals surface area (Å²) >= 11 is 0. The predicted octanol–water partition coefficient (Wildman–Crippen LogP) is 11.9. The van der Waals surface area contributed by atoms with Gasteiger partial charge in [-0.15, -0.1) is 0 Å². The van der Waals surface area contributed by atoms with Crippen molar-refractivity contribution in [1.29, 1.82) is 0 Å². The third-order valence-electron chi connectivity index (χ3n) is 9.79. The summed E-state index contributed by atoms with van der Waals surface area (Å²) in [6, 6.07) is 0. The van der Waals surface area contributed by atoms with Crippen LogP contribution in [0.25, 0.3) is 0 Å². The molecule has 0 aliphatic rings. The maximum atomic E-state index is 12.7. The Hall–Kier alpha value is -1.25. The van der Waals surface area contributed by atoms with Crippen LogP contribution in [0.2, 0.25) is 0 Å². The van der Waals surface area contributed by atoms with Gasteiger partial charge in [-0.2, -0.15) is 0 Å². The summed E-state index contributed by atoms with van der Waals surface area (Å²) in [6.45, 7) is 4.22. The average molecular weight is 788 g/mol. The number of hydrogen-bond donors (Lipinski definition) is 0. The molecular formula is C44H86NO8P. The number of rotatable bonds is 41. The van der Waals surface area contributed by atoms with Crippen LogP contribution >= 0.6 is 7.82 Å². The summed E-state index contributed by atoms with van der Waals surface area (Å²) in [5.74, 6) is -0.827. The molecule has 0 N–H and O–H groups in total. The Morgan fingerprint density at radius 1 is 0.556 bits per heavy atom. The van der Waals surface area contributed by atoms with Crippen molar-refractivity contribution in [1.82, 2.24) is 0 Å². The highest BCUT2D eigenvalue weighted by Gasteiger charge is 2.21. The van der Waals surface area contributed by atoms with E-state index in [0.717, 1.165) is 38.5 Å². The van der Waals surface area contributed by atoms with Gasteiger partial charge in [-0.3, -0.25) is 14.2 Å². The highest BCUT2D eigenvalue weighted by Crippen LogP contribution is 2.38. The van der Waals surface area contributed by atoms with Crippen LogP contribution in [0.5, 0.6) is 0 Å². The molecule has 9 nitrogen and oxygen atoms in total. The van der Waals surface area contributed by atoms with Crippen LogP contribution in [-0.2, 0) is 32.7 Å². The smallest absolute Gasteiger partial charge is 0.306 e. The molecule has 54 heavy (non-hydrogen) atoms. The van der Waals surface area contributed by atoms with E-state index in [9.17, 15) is 19.0 Å². The third kappa shape index (κ3) is 40.4. The molecule has 0 aliphatic heterocycles. The quantitative estimate of drug-likeness (QED) is 0.0198. The zero-order valence-electron chi connectivity index (χ0n) is 35.9. The van der Waals surface area contributed by atoms with Gasteiger partial charge in [0.25, 0.3) is 7.82 Å². The zero-order chi connectivity index (χ0) is 40.0. The largest absolute Gasteiger partial charge is 0.756 e. The van der Waals surface area contributed by atoms with Gasteiger partial charge < -0.3 is 27.9 Å². The molecular weight excluding hydrogens is 701 g/mol. The molecule has 320 valence electrons. The Bertz CT molecular complexity index is 938. The fourth-order valence-electron chi connectivity index (χ4n) is 6.22. The van der Waals surface area contributed by atoms with Gasteiger partial charge >= 0.3 is 11.9 Å². The lowest BCUT2D eigenvalue weighted by Crippen LogP contribution is -2.37. The van der Waals surface area contributed by atoms with Crippen LogP contribution < -0.4 is 4.89 Å². The number of nitrogens with zero attached hydrogens (tertiary/aromatic N) is 1. The maximum Gasteiger partial charge on any atom is 0.306 e. The highest BCUT2D eigenvalue weighted by atomic mass is 31.2. The number of quaternary nitrogens is 1. The number of hydrogen-bond acceptors (Lipinski definition) is 8. The molecule has 0 fully saturated rings. The molecule has 0 saturated carbocycles. The first kappa shape index (κ1) is 52.8. The Balaban J connectivity index is 4.32. The number of allylic oxidation sites excluding steroid dienone is 2. The molecule has 0 spiro atoms. The molecule has 0 saturated heterocycles. The maximum absolute atomic E-state index is 12.7. The summed E-state index contributed by atoms with van der Waals surface area (Å²) in [6.07, 6.45) is 38.0. The van der Waals surface area contributed by atoms with Gasteiger partial charge in [0.1, 0.15) is 19.8 Å². The van der Waals surface area contributed by atoms with E-state index in [0.29, 0.717) is 17.4 Å². The standard InChI is InChI=1S/C44H86NO8P/c1-6-8-10-12-14-16-18-20-22-24-26-28-30-32-34-36-43(46)50-40-42(41-52-54(48,49)51-39-38-45(3,4)5)53-44(47)37-35-33-31-29-27-25-23-21-19-17-15-13-11-9-7-2/h13,15,42H,6-12,14,16-41H2,1-5H3/b15-13-/t42-/m1/s1. The first-order valence-electron chi connectivity index (χ1n) is 22.4. The summed E-state index contributed by atoms with van der Waals surface area (Å²) in [5.41, 5.74) is 0. The number of carbonyl (C=O) groups excluding carboxylic acids is 2. The SMILES string of the molecule is CCCC/C=C\CCCCCCCCCCCC(=O)O[C@H](COC(=O)CCCCCCCCCCCCCCCCC)COP(=O)([O-])OCC[N+](C)(C)C. The minimum atomic E-state index is -4.62. The molecule has 0 heterocycles. The lowest BCUT2D eigenvalue weighted by atomic mass is 10.0. The number of ether oxygens (including phenoxy) is 2. The zero-order valence-corrected chi connectivity index (χ0v) is 36.8. The lowest BCUT2D eigenvalue weighted by Gasteiger charge is -2.28. The van der Waals surface area contributed by atoms with Gasteiger partial charge in [0.15, 0.2) is 6.10 Å². The van der Waals surface area contributed by atoms with E-state index in [2.05, 4.69) is 26.0 Å². The second-order valence-corrected chi connectivity index (χ2v) is 17.8. The topological polar surface area (TPSA) is 111 Å². The van der Waals surface area contributed by atoms with Gasteiger partial charge in [0, 0.05) is 12.8 Å². The van der Waals surface area contributed by atoms with Gasteiger partial charge in [-0.05, 0) is 32.1 Å². The number of phosphoric acid groups is 1. The van der Waals surface area contributed by atoms with Crippen LogP contribution in [-0.4, -0.2) is 70.0 Å². The molecule has 0 amide bonds. The Labute approximate surface area is 333 Å². The first-order chi connectivity index (χ1) is 26.0. The number of likely N-dealkylation sites (N-methyl/N-ethyl adjacent to an activating group) is 1. The van der Waals surface area contributed by atoms with Crippen molar-refractivity contribution in [2.24, 2.45) is 0 Å². The van der Waals surface area contributed by atoms with Crippen molar-refractivity contribution in [3.05, 3.63) is 12.2 Å². The molecule has 1 unspecified atom stereocenters. The molecule has 10 heteroatoms. The van der Waals surface area contributed by atoms with Crippen molar-refractivity contribution < 1.29 is 42.1 Å². The molecule has 0 aliphatic carbocycles. The monoisotopic (exact) mass is 788 g/mol. The second-order valence-electron chi connectivity index (χ2n) is 16.4. The van der Waals surface area contributed by atoms with Crippen LogP contribution in [0.3, 0.4) is 0 Å². The Morgan fingerprint density at radius 2 is 0.963 bits per heavy atom. The fraction of sp³-hybridized carbons (Fsp3) is 0.909. The molecule has 0 aromatic rings. The number of unbranched alkanes of at least 4 members (excludes halogenated alkanes) is 25. The summed E-state index contributed by atoms with van der Waals surface area (Å²) in [5, 5.41) is 0. The van der Waals surface area contributed by atoms with Crippen molar-refractivity contribution in [2.75, 3.05) is 47.5 Å². The third-order valence-corrected chi connectivity index (χ3v) is 10.7. The van der Waals surface area contributed by atoms with Crippen LogP contribution in [0.15, 0.2) is 12.2 Å². The molecule has 2 atom stereocenters. The Morgan fingerprint density at radius 3 is 1.43 bits per heavy atom. The summed E-state index contributed by atoms with van der Waals surface area (Å²) < 4.78 is 33.9. The summed E-state index contributed by atoms with van der Waals surface area (Å²) in [7, 11) is 1.17. The minimum Gasteiger partial charge on any atom is -0.756 e. The van der Waals surface area contributed by atoms with Gasteiger partial charge in [0.2, 0.25) is 0 Å². The van der Waals surface area contributed by atoms with Gasteiger partial charge in [-0.25, -0.2) is 0 Å². The van der Waals surface area contributed by atoms with Gasteiger partial charge in [0.05, 0.1) is 27.7 Å². The molecule has 0 bridgehead atoms. The number of esters is 2. The van der Waals surface area contributed by atoms with Crippen LogP contribution in [0.1, 0.15) is 206 Å². The van der Waals surface area contributed by atoms with E-state index >= 15 is 0 Å². The molecule has 0 radical (unpaired) electrons. The van der Waals surface area contributed by atoms with E-state index in [1.54, 1.807) is 0 Å². The lowest BCUT2D eigenvalue weighted by molar-refractivity contribution is -0.870. The van der Waals surface area contributed by atoms with Gasteiger partial charge in [-0.1, -0.05) is 174 Å². The van der Waals surface area contributed by atoms with Crippen molar-refractivity contribution in [3.8, 4) is 0 Å². The molecule has 0 aromatic carbocycles. The highest BCUT2D eigenvalue weighted by molar-refractivity contribution is 7.45. The van der Waals surface area contributed by atoms with Crippen molar-refractivity contribution >= 4 is 19.8 Å². The van der Waals surface area contributed by atoms with Crippen molar-refractivity contribution in [2.45, 2.75) is 213 Å². The molecule has 0 aromatic heterocycles. The molecule has 0 rings (SSSR count). The summed E-state index contributed by atoms with van der Waals surface area (Å²) in [4.78, 5) is 37.5. The van der Waals surface area contributed by atoms with Crippen LogP contribution in [0.4, 0.5) is 0 Å². The van der Waals surface area contributed by atoms with Crippen LogP contribution in [0, 0.1) is 0 Å². The fourth-order valence-corrected chi connectivity index (χ4v) is 6.95. The number of phosphoric ester groups is 1.